The van der Waals surface area contributed by atoms with Crippen molar-refractivity contribution in [1.29, 1.82) is 0 Å². The fourth-order valence-electron chi connectivity index (χ4n) is 2.19. The van der Waals surface area contributed by atoms with E-state index in [0.717, 1.165) is 10.5 Å². The van der Waals surface area contributed by atoms with Crippen LogP contribution in [0.4, 0.5) is 0 Å². The summed E-state index contributed by atoms with van der Waals surface area (Å²) in [6, 6.07) is 7.26. The molecular weight excluding hydrogens is 326 g/mol. The van der Waals surface area contributed by atoms with Crippen LogP contribution in [-0.2, 0) is 16.6 Å². The van der Waals surface area contributed by atoms with Crippen molar-refractivity contribution in [2.75, 3.05) is 19.1 Å². The van der Waals surface area contributed by atoms with Crippen molar-refractivity contribution in [3.8, 4) is 0 Å². The normalized spacial score (nSPS) is 14.0. The second-order valence-electron chi connectivity index (χ2n) is 4.83. The molecule has 2 rings (SSSR count). The highest BCUT2D eigenvalue weighted by molar-refractivity contribution is 7.98. The highest BCUT2D eigenvalue weighted by atomic mass is 32.2. The SMILES string of the molecule is CSCC(C)N(C)S(=O)(=O)c1c(CO)sc2ccccc12. The maximum absolute atomic E-state index is 12.9. The van der Waals surface area contributed by atoms with Gasteiger partial charge in [0.1, 0.15) is 4.90 Å². The first kappa shape index (κ1) is 16.8. The number of sulfonamides is 1. The molecule has 7 heteroatoms. The van der Waals surface area contributed by atoms with Gasteiger partial charge in [0.15, 0.2) is 0 Å². The van der Waals surface area contributed by atoms with Crippen LogP contribution in [-0.4, -0.2) is 42.9 Å². The Morgan fingerprint density at radius 1 is 1.38 bits per heavy atom. The van der Waals surface area contributed by atoms with Crippen molar-refractivity contribution in [1.82, 2.24) is 4.31 Å². The van der Waals surface area contributed by atoms with E-state index in [9.17, 15) is 13.5 Å². The minimum Gasteiger partial charge on any atom is -0.391 e. The fraction of sp³-hybridized carbons (Fsp3) is 0.429. The second kappa shape index (κ2) is 6.66. The first-order valence-corrected chi connectivity index (χ1v) is 10.2. The van der Waals surface area contributed by atoms with Crippen molar-refractivity contribution in [2.45, 2.75) is 24.5 Å². The van der Waals surface area contributed by atoms with Crippen LogP contribution < -0.4 is 0 Å². The van der Waals surface area contributed by atoms with E-state index in [-0.39, 0.29) is 17.5 Å². The number of aliphatic hydroxyl groups excluding tert-OH is 1. The van der Waals surface area contributed by atoms with Crippen LogP contribution in [0.1, 0.15) is 11.8 Å². The number of hydrogen-bond donors (Lipinski definition) is 1. The lowest BCUT2D eigenvalue weighted by Crippen LogP contribution is -2.36. The van der Waals surface area contributed by atoms with Gasteiger partial charge in [-0.05, 0) is 19.2 Å². The molecule has 1 aromatic carbocycles. The first-order chi connectivity index (χ1) is 9.93. The van der Waals surface area contributed by atoms with Gasteiger partial charge in [0.2, 0.25) is 10.0 Å². The number of aliphatic hydroxyl groups is 1. The molecule has 0 saturated heterocycles. The molecule has 21 heavy (non-hydrogen) atoms. The molecule has 4 nitrogen and oxygen atoms in total. The van der Waals surface area contributed by atoms with Crippen molar-refractivity contribution >= 4 is 43.2 Å². The smallest absolute Gasteiger partial charge is 0.244 e. The van der Waals surface area contributed by atoms with E-state index in [0.29, 0.717) is 10.3 Å². The zero-order chi connectivity index (χ0) is 15.6. The molecule has 1 atom stereocenters. The third kappa shape index (κ3) is 3.12. The Bertz CT molecular complexity index is 724. The molecule has 0 aliphatic heterocycles. The van der Waals surface area contributed by atoms with E-state index in [4.69, 9.17) is 0 Å². The van der Waals surface area contributed by atoms with E-state index in [1.807, 2.05) is 31.4 Å². The molecule has 0 aliphatic rings. The van der Waals surface area contributed by atoms with E-state index in [1.54, 1.807) is 24.9 Å². The van der Waals surface area contributed by atoms with E-state index in [2.05, 4.69) is 0 Å². The molecule has 0 aliphatic carbocycles. The fourth-order valence-corrected chi connectivity index (χ4v) is 6.10. The van der Waals surface area contributed by atoms with Gasteiger partial charge in [-0.1, -0.05) is 18.2 Å². The maximum atomic E-state index is 12.9. The van der Waals surface area contributed by atoms with E-state index in [1.165, 1.54) is 15.6 Å². The van der Waals surface area contributed by atoms with Gasteiger partial charge in [-0.3, -0.25) is 0 Å². The summed E-state index contributed by atoms with van der Waals surface area (Å²) in [6.07, 6.45) is 1.95. The summed E-state index contributed by atoms with van der Waals surface area (Å²) >= 11 is 2.94. The summed E-state index contributed by atoms with van der Waals surface area (Å²) in [7, 11) is -2.02. The molecule has 0 radical (unpaired) electrons. The second-order valence-corrected chi connectivity index (χ2v) is 8.82. The molecule has 0 bridgehead atoms. The minimum atomic E-state index is -3.62. The van der Waals surface area contributed by atoms with Crippen molar-refractivity contribution in [3.05, 3.63) is 29.1 Å². The number of nitrogens with zero attached hydrogens (tertiary/aromatic N) is 1. The van der Waals surface area contributed by atoms with Crippen molar-refractivity contribution in [3.63, 3.8) is 0 Å². The Kier molecular flexibility index (Phi) is 5.32. The predicted molar refractivity (Wildman–Crippen MR) is 90.5 cm³/mol. The molecule has 0 amide bonds. The van der Waals surface area contributed by atoms with Gasteiger partial charge in [-0.15, -0.1) is 11.3 Å². The average molecular weight is 346 g/mol. The lowest BCUT2D eigenvalue weighted by molar-refractivity contribution is 0.282. The Hall–Kier alpha value is -0.600. The summed E-state index contributed by atoms with van der Waals surface area (Å²) in [5, 5.41) is 10.2. The molecule has 0 fully saturated rings. The van der Waals surface area contributed by atoms with Crippen LogP contribution >= 0.6 is 23.1 Å². The molecule has 1 heterocycles. The Morgan fingerprint density at radius 2 is 2.05 bits per heavy atom. The third-order valence-corrected chi connectivity index (χ3v) is 7.63. The number of rotatable bonds is 6. The van der Waals surface area contributed by atoms with Gasteiger partial charge in [-0.2, -0.15) is 16.1 Å². The minimum absolute atomic E-state index is 0.102. The van der Waals surface area contributed by atoms with E-state index < -0.39 is 10.0 Å². The molecule has 1 N–H and O–H groups in total. The Labute approximate surface area is 133 Å². The van der Waals surface area contributed by atoms with Crippen LogP contribution in [0.25, 0.3) is 10.1 Å². The number of thiophene rings is 1. The average Bonchev–Trinajstić information content (AvgIpc) is 2.85. The quantitative estimate of drug-likeness (QED) is 0.875. The zero-order valence-corrected chi connectivity index (χ0v) is 14.7. The van der Waals surface area contributed by atoms with Crippen LogP contribution in [0.15, 0.2) is 29.2 Å². The molecule has 2 aromatic rings. The van der Waals surface area contributed by atoms with Crippen molar-refractivity contribution in [2.24, 2.45) is 0 Å². The Morgan fingerprint density at radius 3 is 2.67 bits per heavy atom. The first-order valence-electron chi connectivity index (χ1n) is 6.51. The van der Waals surface area contributed by atoms with E-state index >= 15 is 0 Å². The summed E-state index contributed by atoms with van der Waals surface area (Å²) in [5.41, 5.74) is 0. The molecule has 0 spiro atoms. The monoisotopic (exact) mass is 345 g/mol. The van der Waals surface area contributed by atoms with Gasteiger partial charge < -0.3 is 5.11 Å². The maximum Gasteiger partial charge on any atom is 0.244 e. The Balaban J connectivity index is 2.59. The molecular formula is C14H19NO3S3. The lowest BCUT2D eigenvalue weighted by Gasteiger charge is -2.24. The highest BCUT2D eigenvalue weighted by Gasteiger charge is 2.30. The predicted octanol–water partition coefficient (Wildman–Crippen LogP) is 2.77. The van der Waals surface area contributed by atoms with Crippen LogP contribution in [0, 0.1) is 0 Å². The number of thioether (sulfide) groups is 1. The summed E-state index contributed by atoms with van der Waals surface area (Å²) < 4.78 is 28.1. The van der Waals surface area contributed by atoms with Gasteiger partial charge in [0.25, 0.3) is 0 Å². The molecule has 1 aromatic heterocycles. The molecule has 116 valence electrons. The number of hydrogen-bond acceptors (Lipinski definition) is 5. The number of fused-ring (bicyclic) bond motifs is 1. The zero-order valence-electron chi connectivity index (χ0n) is 12.2. The molecule has 0 saturated carbocycles. The van der Waals surface area contributed by atoms with Crippen molar-refractivity contribution < 1.29 is 13.5 Å². The van der Waals surface area contributed by atoms with Crippen LogP contribution in [0.5, 0.6) is 0 Å². The van der Waals surface area contributed by atoms with Gasteiger partial charge >= 0.3 is 0 Å². The highest BCUT2D eigenvalue weighted by Crippen LogP contribution is 2.36. The van der Waals surface area contributed by atoms with Crippen LogP contribution in [0.2, 0.25) is 0 Å². The third-order valence-electron chi connectivity index (χ3n) is 3.43. The van der Waals surface area contributed by atoms with Crippen LogP contribution in [0.3, 0.4) is 0 Å². The molecule has 1 unspecified atom stereocenters. The standard InChI is InChI=1S/C14H19NO3S3/c1-10(9-19-3)15(2)21(17,18)14-11-6-4-5-7-12(11)20-13(14)8-16/h4-7,10,16H,8-9H2,1-3H3. The summed E-state index contributed by atoms with van der Waals surface area (Å²) in [6.45, 7) is 1.62. The lowest BCUT2D eigenvalue weighted by atomic mass is 10.2. The van der Waals surface area contributed by atoms with Gasteiger partial charge in [-0.25, -0.2) is 8.42 Å². The number of benzene rings is 1. The summed E-state index contributed by atoms with van der Waals surface area (Å²) in [5.74, 6) is 0.728. The van der Waals surface area contributed by atoms with Gasteiger partial charge in [0.05, 0.1) is 11.5 Å². The largest absolute Gasteiger partial charge is 0.391 e. The topological polar surface area (TPSA) is 57.6 Å². The summed E-state index contributed by atoms with van der Waals surface area (Å²) in [4.78, 5) is 0.750. The van der Waals surface area contributed by atoms with Gasteiger partial charge in [0, 0.05) is 28.9 Å².